The van der Waals surface area contributed by atoms with Crippen LogP contribution in [-0.4, -0.2) is 20.6 Å². The van der Waals surface area contributed by atoms with E-state index in [9.17, 15) is 9.90 Å². The average Bonchev–Trinajstić information content (AvgIpc) is 3.05. The second-order valence-electron chi connectivity index (χ2n) is 4.76. The quantitative estimate of drug-likeness (QED) is 0.529. The maximum atomic E-state index is 11.5. The van der Waals surface area contributed by atoms with E-state index in [2.05, 4.69) is 48.8 Å². The lowest BCUT2D eigenvalue weighted by Crippen LogP contribution is -2.05. The van der Waals surface area contributed by atoms with Crippen LogP contribution in [0.15, 0.2) is 59.6 Å². The fourth-order valence-corrected chi connectivity index (χ4v) is 3.04. The van der Waals surface area contributed by atoms with Crippen molar-refractivity contribution in [1.29, 1.82) is 0 Å². The molecule has 2 aromatic carbocycles. The Balaban J connectivity index is 2.07. The third kappa shape index (κ3) is 3.56. The van der Waals surface area contributed by atoms with Gasteiger partial charge in [-0.15, -0.1) is 0 Å². The van der Waals surface area contributed by atoms with E-state index in [0.29, 0.717) is 10.2 Å². The highest BCUT2D eigenvalue weighted by molar-refractivity contribution is 14.1. The molecule has 0 radical (unpaired) electrons. The molecule has 0 aliphatic rings. The molecule has 7 heteroatoms. The summed E-state index contributed by atoms with van der Waals surface area (Å²) in [6.07, 6.45) is 5.13. The highest BCUT2D eigenvalue weighted by atomic mass is 127. The normalized spacial score (nSPS) is 10.5. The highest BCUT2D eigenvalue weighted by Gasteiger charge is 2.15. The molecule has 0 fully saturated rings. The van der Waals surface area contributed by atoms with Crippen LogP contribution in [0.25, 0.3) is 5.69 Å². The number of hydrogen-bond donors (Lipinski definition) is 2. The minimum atomic E-state index is -0.990. The fourth-order valence-electron chi connectivity index (χ4n) is 2.13. The van der Waals surface area contributed by atoms with Gasteiger partial charge in [0, 0.05) is 26.1 Å². The molecule has 116 valence electrons. The van der Waals surface area contributed by atoms with Gasteiger partial charge in [0.15, 0.2) is 0 Å². The van der Waals surface area contributed by atoms with Gasteiger partial charge in [-0.05, 0) is 74.9 Å². The number of aromatic nitrogens is 2. The number of carboxylic acid groups (broad SMARTS) is 1. The van der Waals surface area contributed by atoms with Gasteiger partial charge in [-0.3, -0.25) is 0 Å². The van der Waals surface area contributed by atoms with Gasteiger partial charge in [0.1, 0.15) is 0 Å². The van der Waals surface area contributed by atoms with Crippen LogP contribution in [0.5, 0.6) is 0 Å². The molecule has 0 saturated heterocycles. The predicted molar refractivity (Wildman–Crippen MR) is 101 cm³/mol. The molecule has 3 aromatic rings. The van der Waals surface area contributed by atoms with Crippen LogP contribution in [-0.2, 0) is 0 Å². The molecule has 23 heavy (non-hydrogen) atoms. The smallest absolute Gasteiger partial charge is 0.337 e. The molecule has 0 atom stereocenters. The lowest BCUT2D eigenvalue weighted by molar-refractivity contribution is 0.0698. The van der Waals surface area contributed by atoms with E-state index in [-0.39, 0.29) is 5.56 Å². The first kappa shape index (κ1) is 16.0. The molecular formula is C16H11BrIN3O2. The van der Waals surface area contributed by atoms with Crippen molar-refractivity contribution >= 4 is 55.9 Å². The molecule has 0 spiro atoms. The molecule has 1 heterocycles. The number of benzene rings is 2. The number of aromatic carboxylic acids is 1. The highest BCUT2D eigenvalue weighted by Crippen LogP contribution is 2.30. The Kier molecular flexibility index (Phi) is 4.67. The SMILES string of the molecule is O=C(O)c1cc(Br)c(-n2ccnc2)cc1Nc1ccc(I)cc1. The number of nitrogens with one attached hydrogen (secondary N) is 1. The van der Waals surface area contributed by atoms with E-state index >= 15 is 0 Å². The second-order valence-corrected chi connectivity index (χ2v) is 6.86. The van der Waals surface area contributed by atoms with Crippen molar-refractivity contribution in [2.75, 3.05) is 5.32 Å². The number of anilines is 2. The Hall–Kier alpha value is -1.87. The summed E-state index contributed by atoms with van der Waals surface area (Å²) < 4.78 is 3.61. The standard InChI is InChI=1S/C16H11BrIN3O2/c17-13-7-12(16(22)23)14(8-15(13)21-6-5-19-9-21)20-11-3-1-10(18)2-4-11/h1-9,20H,(H,22,23). The largest absolute Gasteiger partial charge is 0.478 e. The zero-order valence-electron chi connectivity index (χ0n) is 11.7. The van der Waals surface area contributed by atoms with Crippen LogP contribution in [0.3, 0.4) is 0 Å². The third-order valence-electron chi connectivity index (χ3n) is 3.22. The summed E-state index contributed by atoms with van der Waals surface area (Å²) in [5.41, 5.74) is 2.34. The molecule has 2 N–H and O–H groups in total. The van der Waals surface area contributed by atoms with Crippen molar-refractivity contribution in [3.63, 3.8) is 0 Å². The lowest BCUT2D eigenvalue weighted by Gasteiger charge is -2.14. The molecule has 0 saturated carbocycles. The van der Waals surface area contributed by atoms with E-state index in [4.69, 9.17) is 0 Å². The van der Waals surface area contributed by atoms with E-state index < -0.39 is 5.97 Å². The van der Waals surface area contributed by atoms with Gasteiger partial charge in [-0.1, -0.05) is 0 Å². The minimum absolute atomic E-state index is 0.194. The van der Waals surface area contributed by atoms with E-state index in [1.807, 2.05) is 28.8 Å². The molecule has 0 amide bonds. The summed E-state index contributed by atoms with van der Waals surface area (Å²) in [7, 11) is 0. The van der Waals surface area contributed by atoms with Crippen LogP contribution in [0.1, 0.15) is 10.4 Å². The zero-order valence-corrected chi connectivity index (χ0v) is 15.4. The lowest BCUT2D eigenvalue weighted by atomic mass is 10.1. The molecular weight excluding hydrogens is 473 g/mol. The number of carboxylic acids is 1. The summed E-state index contributed by atoms with van der Waals surface area (Å²) >= 11 is 5.65. The Morgan fingerprint density at radius 1 is 1.26 bits per heavy atom. The summed E-state index contributed by atoms with van der Waals surface area (Å²) in [4.78, 5) is 15.6. The Morgan fingerprint density at radius 2 is 2.00 bits per heavy atom. The van der Waals surface area contributed by atoms with Crippen LogP contribution >= 0.6 is 38.5 Å². The number of imidazole rings is 1. The van der Waals surface area contributed by atoms with Gasteiger partial charge in [0.2, 0.25) is 0 Å². The van der Waals surface area contributed by atoms with E-state index in [1.54, 1.807) is 30.9 Å². The number of hydrogen-bond acceptors (Lipinski definition) is 3. The number of rotatable bonds is 4. The van der Waals surface area contributed by atoms with Crippen molar-refractivity contribution in [3.8, 4) is 5.69 Å². The average molecular weight is 484 g/mol. The summed E-state index contributed by atoms with van der Waals surface area (Å²) in [6, 6.07) is 11.1. The molecule has 0 aliphatic carbocycles. The molecule has 5 nitrogen and oxygen atoms in total. The zero-order chi connectivity index (χ0) is 16.4. The van der Waals surface area contributed by atoms with Crippen molar-refractivity contribution < 1.29 is 9.90 Å². The van der Waals surface area contributed by atoms with Gasteiger partial charge in [0.05, 0.1) is 23.3 Å². The maximum Gasteiger partial charge on any atom is 0.337 e. The van der Waals surface area contributed by atoms with Crippen LogP contribution in [0, 0.1) is 3.57 Å². The van der Waals surface area contributed by atoms with Gasteiger partial charge >= 0.3 is 5.97 Å². The van der Waals surface area contributed by atoms with Gasteiger partial charge in [0.25, 0.3) is 0 Å². The predicted octanol–water partition coefficient (Wildman–Crippen LogP) is 4.68. The minimum Gasteiger partial charge on any atom is -0.478 e. The van der Waals surface area contributed by atoms with E-state index in [1.165, 1.54) is 0 Å². The molecule has 0 aliphatic heterocycles. The molecule has 1 aromatic heterocycles. The van der Waals surface area contributed by atoms with Gasteiger partial charge in [-0.2, -0.15) is 0 Å². The summed E-state index contributed by atoms with van der Waals surface area (Å²) in [5, 5.41) is 12.6. The molecule has 0 bridgehead atoms. The number of carbonyl (C=O) groups is 1. The van der Waals surface area contributed by atoms with Gasteiger partial charge in [-0.25, -0.2) is 9.78 Å². The first-order valence-electron chi connectivity index (χ1n) is 6.62. The summed E-state index contributed by atoms with van der Waals surface area (Å²) in [5.74, 6) is -0.990. The second kappa shape index (κ2) is 6.71. The third-order valence-corrected chi connectivity index (χ3v) is 4.58. The van der Waals surface area contributed by atoms with Crippen molar-refractivity contribution in [1.82, 2.24) is 9.55 Å². The topological polar surface area (TPSA) is 67.1 Å². The van der Waals surface area contributed by atoms with Crippen LogP contribution in [0.2, 0.25) is 0 Å². The van der Waals surface area contributed by atoms with Crippen molar-refractivity contribution in [2.45, 2.75) is 0 Å². The van der Waals surface area contributed by atoms with Crippen LogP contribution < -0.4 is 5.32 Å². The van der Waals surface area contributed by atoms with Crippen molar-refractivity contribution in [2.24, 2.45) is 0 Å². The van der Waals surface area contributed by atoms with Crippen molar-refractivity contribution in [3.05, 3.63) is 68.7 Å². The molecule has 0 unspecified atom stereocenters. The Bertz CT molecular complexity index is 849. The first-order valence-corrected chi connectivity index (χ1v) is 8.49. The maximum absolute atomic E-state index is 11.5. The first-order chi connectivity index (χ1) is 11.0. The Morgan fingerprint density at radius 3 is 2.61 bits per heavy atom. The van der Waals surface area contributed by atoms with Gasteiger partial charge < -0.3 is 15.0 Å². The van der Waals surface area contributed by atoms with E-state index in [0.717, 1.165) is 14.9 Å². The summed E-state index contributed by atoms with van der Waals surface area (Å²) in [6.45, 7) is 0. The number of halogens is 2. The number of nitrogens with zero attached hydrogens (tertiary/aromatic N) is 2. The van der Waals surface area contributed by atoms with Crippen LogP contribution in [0.4, 0.5) is 11.4 Å². The Labute approximate surface area is 154 Å². The molecule has 3 rings (SSSR count). The monoisotopic (exact) mass is 483 g/mol. The fraction of sp³-hybridized carbons (Fsp3) is 0.